The molecule has 0 bridgehead atoms. The maximum Gasteiger partial charge on any atom is 0.256 e. The number of carbonyl (C=O) groups is 1. The van der Waals surface area contributed by atoms with E-state index in [1.807, 2.05) is 19.1 Å². The number of halogens is 1. The van der Waals surface area contributed by atoms with Crippen molar-refractivity contribution in [2.24, 2.45) is 4.99 Å². The molecule has 1 N–H and O–H groups in total. The van der Waals surface area contributed by atoms with Crippen molar-refractivity contribution >= 4 is 22.6 Å². The molecule has 0 radical (unpaired) electrons. The number of nitrogens with one attached hydrogen (secondary N) is 1. The average molecular weight is 410 g/mol. The first-order valence-corrected chi connectivity index (χ1v) is 9.86. The summed E-state index contributed by atoms with van der Waals surface area (Å²) in [5.74, 6) is -0.354. The number of rotatable bonds is 5. The first-order chi connectivity index (χ1) is 14.5. The number of para-hydroxylation sites is 1. The maximum absolute atomic E-state index is 14.3. The van der Waals surface area contributed by atoms with Crippen LogP contribution in [0.25, 0.3) is 11.0 Å². The smallest absolute Gasteiger partial charge is 0.256 e. The van der Waals surface area contributed by atoms with Crippen LogP contribution in [0, 0.1) is 12.7 Å². The Balaban J connectivity index is 1.82. The molecule has 1 amide bonds. The second kappa shape index (κ2) is 8.67. The maximum atomic E-state index is 14.3. The lowest BCUT2D eigenvalue weighted by molar-refractivity contribution is 0.0854. The summed E-state index contributed by atoms with van der Waals surface area (Å²) < 4.78 is 31.2. The normalized spacial score (nSPS) is 16.8. The SMILES string of the molecule is COc1cccc2cc(C(=O)NCC3CCCO3)c(=Nc3cc(C)ccc3F)oc12. The summed E-state index contributed by atoms with van der Waals surface area (Å²) in [6, 6.07) is 11.7. The van der Waals surface area contributed by atoms with E-state index in [-0.39, 0.29) is 28.8 Å². The van der Waals surface area contributed by atoms with Gasteiger partial charge in [0.05, 0.1) is 13.2 Å². The Labute approximate surface area is 173 Å². The highest BCUT2D eigenvalue weighted by Gasteiger charge is 2.19. The van der Waals surface area contributed by atoms with Gasteiger partial charge in [0, 0.05) is 18.5 Å². The van der Waals surface area contributed by atoms with Crippen LogP contribution in [0.4, 0.5) is 10.1 Å². The molecule has 6 nitrogen and oxygen atoms in total. The van der Waals surface area contributed by atoms with Crippen LogP contribution in [0.1, 0.15) is 28.8 Å². The van der Waals surface area contributed by atoms with Crippen molar-refractivity contribution in [3.05, 3.63) is 65.0 Å². The molecular formula is C23H23FN2O4. The summed E-state index contributed by atoms with van der Waals surface area (Å²) in [6.07, 6.45) is 1.89. The second-order valence-electron chi connectivity index (χ2n) is 7.26. The summed E-state index contributed by atoms with van der Waals surface area (Å²) in [5, 5.41) is 3.56. The predicted molar refractivity (Wildman–Crippen MR) is 110 cm³/mol. The first kappa shape index (κ1) is 20.1. The molecule has 1 aromatic heterocycles. The van der Waals surface area contributed by atoms with Gasteiger partial charge in [-0.2, -0.15) is 0 Å². The van der Waals surface area contributed by atoms with Gasteiger partial charge in [-0.1, -0.05) is 18.2 Å². The zero-order valence-corrected chi connectivity index (χ0v) is 16.9. The molecule has 1 aliphatic heterocycles. The number of benzene rings is 2. The first-order valence-electron chi connectivity index (χ1n) is 9.86. The minimum atomic E-state index is -0.498. The van der Waals surface area contributed by atoms with Gasteiger partial charge < -0.3 is 19.2 Å². The van der Waals surface area contributed by atoms with Gasteiger partial charge in [-0.15, -0.1) is 0 Å². The summed E-state index contributed by atoms with van der Waals surface area (Å²) in [4.78, 5) is 17.3. The number of amides is 1. The highest BCUT2D eigenvalue weighted by molar-refractivity contribution is 5.97. The Morgan fingerprint density at radius 3 is 2.93 bits per heavy atom. The Morgan fingerprint density at radius 1 is 1.30 bits per heavy atom. The van der Waals surface area contributed by atoms with Gasteiger partial charge in [0.1, 0.15) is 17.1 Å². The van der Waals surface area contributed by atoms with Crippen LogP contribution in [0.3, 0.4) is 0 Å². The molecule has 1 unspecified atom stereocenters. The molecule has 7 heteroatoms. The van der Waals surface area contributed by atoms with Crippen LogP contribution in [0.15, 0.2) is 51.9 Å². The number of fused-ring (bicyclic) bond motifs is 1. The zero-order valence-electron chi connectivity index (χ0n) is 16.9. The molecule has 2 heterocycles. The fourth-order valence-corrected chi connectivity index (χ4v) is 3.46. The van der Waals surface area contributed by atoms with Crippen LogP contribution < -0.4 is 15.6 Å². The van der Waals surface area contributed by atoms with Crippen molar-refractivity contribution in [3.63, 3.8) is 0 Å². The number of hydrogen-bond donors (Lipinski definition) is 1. The van der Waals surface area contributed by atoms with Gasteiger partial charge in [-0.05, 0) is 49.6 Å². The standard InChI is InChI=1S/C23H23FN2O4/c1-14-8-9-18(24)19(11-14)26-23-17(22(27)25-13-16-6-4-10-29-16)12-15-5-3-7-20(28-2)21(15)30-23/h3,5,7-9,11-12,16H,4,6,10,13H2,1-2H3,(H,25,27). The lowest BCUT2D eigenvalue weighted by atomic mass is 10.1. The van der Waals surface area contributed by atoms with Gasteiger partial charge in [-0.3, -0.25) is 4.79 Å². The van der Waals surface area contributed by atoms with E-state index in [9.17, 15) is 9.18 Å². The zero-order chi connectivity index (χ0) is 21.1. The number of ether oxygens (including phenoxy) is 2. The largest absolute Gasteiger partial charge is 0.493 e. The van der Waals surface area contributed by atoms with Gasteiger partial charge in [-0.25, -0.2) is 9.38 Å². The summed E-state index contributed by atoms with van der Waals surface area (Å²) >= 11 is 0. The summed E-state index contributed by atoms with van der Waals surface area (Å²) in [6.45, 7) is 2.94. The van der Waals surface area contributed by atoms with Crippen molar-refractivity contribution in [1.82, 2.24) is 5.32 Å². The molecule has 1 fully saturated rings. The fraction of sp³-hybridized carbons (Fsp3) is 0.304. The Hall–Kier alpha value is -3.19. The number of aryl methyl sites for hydroxylation is 1. The van der Waals surface area contributed by atoms with Crippen molar-refractivity contribution in [3.8, 4) is 5.75 Å². The van der Waals surface area contributed by atoms with Crippen molar-refractivity contribution in [2.75, 3.05) is 20.3 Å². The van der Waals surface area contributed by atoms with Crippen LogP contribution >= 0.6 is 0 Å². The molecule has 2 aromatic carbocycles. The molecule has 4 rings (SSSR count). The predicted octanol–water partition coefficient (Wildman–Crippen LogP) is 4.03. The number of carbonyl (C=O) groups excluding carboxylic acids is 1. The van der Waals surface area contributed by atoms with E-state index < -0.39 is 5.82 Å². The van der Waals surface area contributed by atoms with E-state index >= 15 is 0 Å². The van der Waals surface area contributed by atoms with Crippen molar-refractivity contribution in [1.29, 1.82) is 0 Å². The molecule has 3 aromatic rings. The minimum Gasteiger partial charge on any atom is -0.493 e. The minimum absolute atomic E-state index is 0.000968. The lowest BCUT2D eigenvalue weighted by Gasteiger charge is -2.12. The average Bonchev–Trinajstić information content (AvgIpc) is 3.27. The second-order valence-corrected chi connectivity index (χ2v) is 7.26. The summed E-state index contributed by atoms with van der Waals surface area (Å²) in [7, 11) is 1.53. The number of nitrogens with zero attached hydrogens (tertiary/aromatic N) is 1. The van der Waals surface area contributed by atoms with E-state index in [4.69, 9.17) is 13.9 Å². The monoisotopic (exact) mass is 410 g/mol. The van der Waals surface area contributed by atoms with Crippen LogP contribution in [0.2, 0.25) is 0 Å². The third-order valence-electron chi connectivity index (χ3n) is 5.04. The number of hydrogen-bond acceptors (Lipinski definition) is 5. The van der Waals surface area contributed by atoms with Gasteiger partial charge in [0.15, 0.2) is 11.3 Å². The molecule has 156 valence electrons. The Bertz CT molecular complexity index is 1150. The topological polar surface area (TPSA) is 73.1 Å². The van der Waals surface area contributed by atoms with Gasteiger partial charge in [0.2, 0.25) is 5.55 Å². The van der Waals surface area contributed by atoms with E-state index in [0.29, 0.717) is 29.9 Å². The highest BCUT2D eigenvalue weighted by Crippen LogP contribution is 2.25. The molecular weight excluding hydrogens is 387 g/mol. The molecule has 0 spiro atoms. The molecule has 30 heavy (non-hydrogen) atoms. The lowest BCUT2D eigenvalue weighted by Crippen LogP contribution is -2.34. The summed E-state index contributed by atoms with van der Waals surface area (Å²) in [5.41, 5.74) is 1.61. The highest BCUT2D eigenvalue weighted by atomic mass is 19.1. The van der Waals surface area contributed by atoms with E-state index in [1.54, 1.807) is 24.3 Å². The molecule has 1 saturated heterocycles. The molecule has 1 atom stereocenters. The van der Waals surface area contributed by atoms with E-state index in [1.165, 1.54) is 13.2 Å². The van der Waals surface area contributed by atoms with E-state index in [0.717, 1.165) is 18.4 Å². The molecule has 0 saturated carbocycles. The van der Waals surface area contributed by atoms with Crippen molar-refractivity contribution < 1.29 is 23.1 Å². The van der Waals surface area contributed by atoms with Crippen LogP contribution in [-0.4, -0.2) is 32.3 Å². The number of methoxy groups -OCH3 is 1. The Kier molecular flexibility index (Phi) is 5.81. The van der Waals surface area contributed by atoms with Crippen molar-refractivity contribution in [2.45, 2.75) is 25.9 Å². The van der Waals surface area contributed by atoms with Crippen LogP contribution in [-0.2, 0) is 4.74 Å². The third kappa shape index (κ3) is 4.21. The molecule has 1 aliphatic rings. The third-order valence-corrected chi connectivity index (χ3v) is 5.04. The fourth-order valence-electron chi connectivity index (χ4n) is 3.46. The molecule has 0 aliphatic carbocycles. The van der Waals surface area contributed by atoms with Gasteiger partial charge >= 0.3 is 0 Å². The Morgan fingerprint density at radius 2 is 2.17 bits per heavy atom. The van der Waals surface area contributed by atoms with Gasteiger partial charge in [0.25, 0.3) is 5.91 Å². The van der Waals surface area contributed by atoms with Crippen LogP contribution in [0.5, 0.6) is 5.75 Å². The van der Waals surface area contributed by atoms with E-state index in [2.05, 4.69) is 10.3 Å². The quantitative estimate of drug-likeness (QED) is 0.689.